The Morgan fingerprint density at radius 2 is 1.71 bits per heavy atom. The summed E-state index contributed by atoms with van der Waals surface area (Å²) in [4.78, 5) is 38.4. The highest BCUT2D eigenvalue weighted by Gasteiger charge is 2.57. The maximum Gasteiger partial charge on any atom is 0.490 e. The average molecular weight is 709 g/mol. The van der Waals surface area contributed by atoms with Gasteiger partial charge in [0.15, 0.2) is 41.5 Å². The molecule has 2 fully saturated rings. The van der Waals surface area contributed by atoms with E-state index in [1.807, 2.05) is 20.8 Å². The van der Waals surface area contributed by atoms with Crippen LogP contribution in [0.15, 0.2) is 6.33 Å². The SMILES string of the molecule is CCn1nnc([C@H]2O[C@@H](n3cnc4c(NCCC(C)(C)C)nc(NC5CCC[C@H]5O)nc43)[C@H](OC(=O)C(F)(F)F)[C@@H]2OC(=O)C(F)(F)F)n1. The highest BCUT2D eigenvalue weighted by Crippen LogP contribution is 2.44. The third-order valence-corrected chi connectivity index (χ3v) is 7.80. The van der Waals surface area contributed by atoms with E-state index in [2.05, 4.69) is 50.5 Å². The summed E-state index contributed by atoms with van der Waals surface area (Å²) >= 11 is 0. The Balaban J connectivity index is 1.62. The summed E-state index contributed by atoms with van der Waals surface area (Å²) in [5, 5.41) is 28.0. The van der Waals surface area contributed by atoms with E-state index in [0.717, 1.165) is 15.7 Å². The zero-order valence-electron chi connectivity index (χ0n) is 26.6. The van der Waals surface area contributed by atoms with E-state index in [4.69, 9.17) is 4.74 Å². The normalized spacial score (nSPS) is 24.7. The zero-order valence-corrected chi connectivity index (χ0v) is 26.6. The van der Waals surface area contributed by atoms with E-state index < -0.39 is 66.8 Å². The summed E-state index contributed by atoms with van der Waals surface area (Å²) in [5.74, 6) is -5.92. The van der Waals surface area contributed by atoms with Crippen LogP contribution in [0.1, 0.15) is 71.5 Å². The lowest BCUT2D eigenvalue weighted by molar-refractivity contribution is -0.221. The molecule has 0 spiro atoms. The Bertz CT molecular complexity index is 1660. The fourth-order valence-electron chi connectivity index (χ4n) is 5.33. The van der Waals surface area contributed by atoms with Crippen LogP contribution in [0.2, 0.25) is 0 Å². The molecule has 1 aliphatic carbocycles. The van der Waals surface area contributed by atoms with Crippen molar-refractivity contribution in [2.24, 2.45) is 5.41 Å². The second kappa shape index (κ2) is 13.5. The van der Waals surface area contributed by atoms with Gasteiger partial charge in [0.05, 0.1) is 25.0 Å². The number of nitrogens with one attached hydrogen (secondary N) is 2. The Kier molecular flexibility index (Phi) is 9.92. The Labute approximate surface area is 273 Å². The average Bonchev–Trinajstić information content (AvgIpc) is 3.79. The van der Waals surface area contributed by atoms with E-state index in [1.54, 1.807) is 6.92 Å². The fraction of sp³-hybridized carbons (Fsp3) is 0.704. The van der Waals surface area contributed by atoms with Crippen molar-refractivity contribution < 1.29 is 55.2 Å². The molecule has 0 aromatic carbocycles. The first-order chi connectivity index (χ1) is 22.9. The van der Waals surface area contributed by atoms with Gasteiger partial charge in [-0.15, -0.1) is 10.2 Å². The lowest BCUT2D eigenvalue weighted by Gasteiger charge is -2.25. The van der Waals surface area contributed by atoms with Crippen molar-refractivity contribution in [3.63, 3.8) is 0 Å². The minimum absolute atomic E-state index is 0.0237. The number of anilines is 2. The van der Waals surface area contributed by atoms with Crippen molar-refractivity contribution in [1.29, 1.82) is 0 Å². The van der Waals surface area contributed by atoms with Gasteiger partial charge in [0.1, 0.15) is 0 Å². The molecule has 22 heteroatoms. The monoisotopic (exact) mass is 708 g/mol. The molecule has 16 nitrogen and oxygen atoms in total. The Morgan fingerprint density at radius 3 is 2.29 bits per heavy atom. The molecule has 3 aromatic rings. The highest BCUT2D eigenvalue weighted by molar-refractivity contribution is 5.84. The Morgan fingerprint density at radius 1 is 1.04 bits per heavy atom. The molecular formula is C27H34F6N10O6. The summed E-state index contributed by atoms with van der Waals surface area (Å²) in [7, 11) is 0. The lowest BCUT2D eigenvalue weighted by Crippen LogP contribution is -2.42. The first-order valence-corrected chi connectivity index (χ1v) is 15.3. The van der Waals surface area contributed by atoms with Crippen molar-refractivity contribution in [3.05, 3.63) is 12.2 Å². The van der Waals surface area contributed by atoms with Crippen LogP contribution in [0.3, 0.4) is 0 Å². The van der Waals surface area contributed by atoms with Crippen molar-refractivity contribution in [1.82, 2.24) is 39.7 Å². The first-order valence-electron chi connectivity index (χ1n) is 15.3. The summed E-state index contributed by atoms with van der Waals surface area (Å²) in [6.07, 6.45) is -16.9. The van der Waals surface area contributed by atoms with Crippen LogP contribution in [0.5, 0.6) is 0 Å². The molecule has 4 heterocycles. The van der Waals surface area contributed by atoms with E-state index in [1.165, 1.54) is 0 Å². The number of aliphatic hydroxyl groups excluding tert-OH is 1. The van der Waals surface area contributed by atoms with Crippen LogP contribution in [-0.4, -0.2) is 100 Å². The van der Waals surface area contributed by atoms with Crippen molar-refractivity contribution >= 4 is 34.9 Å². The molecule has 270 valence electrons. The molecule has 2 aliphatic rings. The zero-order chi connectivity index (χ0) is 35.9. The Hall–Kier alpha value is -4.34. The van der Waals surface area contributed by atoms with Crippen LogP contribution in [0, 0.1) is 5.41 Å². The molecule has 1 saturated carbocycles. The van der Waals surface area contributed by atoms with E-state index in [-0.39, 0.29) is 34.9 Å². The van der Waals surface area contributed by atoms with Crippen LogP contribution >= 0.6 is 0 Å². The van der Waals surface area contributed by atoms with Gasteiger partial charge < -0.3 is 30.0 Å². The summed E-state index contributed by atoms with van der Waals surface area (Å²) in [6.45, 7) is 8.16. The van der Waals surface area contributed by atoms with Gasteiger partial charge in [0, 0.05) is 6.54 Å². The second-order valence-electron chi connectivity index (χ2n) is 12.7. The molecule has 49 heavy (non-hydrogen) atoms. The van der Waals surface area contributed by atoms with Gasteiger partial charge in [-0.25, -0.2) is 14.6 Å². The minimum atomic E-state index is -5.60. The van der Waals surface area contributed by atoms with Crippen LogP contribution in [0.4, 0.5) is 38.1 Å². The number of imidazole rings is 1. The number of hydrogen-bond donors (Lipinski definition) is 3. The number of aromatic nitrogens is 8. The first kappa shape index (κ1) is 36.0. The number of ether oxygens (including phenoxy) is 3. The van der Waals surface area contributed by atoms with Crippen LogP contribution in [0.25, 0.3) is 11.2 Å². The van der Waals surface area contributed by atoms with Crippen LogP contribution in [-0.2, 0) is 30.3 Å². The standard InChI is InChI=1S/C27H34F6N10O6/c1-5-43-40-19(39-41-43)16-15(48-22(45)26(28,29)30)17(49-23(46)27(31,32)33)21(47-16)42-11-35-14-18(34-10-9-25(2,3)4)37-24(38-20(14)42)36-12-7-6-8-13(12)44/h11-13,15-17,21,44H,5-10H2,1-4H3,(H2,34,36,37,38)/t12?,13-,15-,16+,17-,21-/m1/s1. The summed E-state index contributed by atoms with van der Waals surface area (Å²) < 4.78 is 96.8. The number of aliphatic hydroxyl groups is 1. The number of tetrazole rings is 1. The van der Waals surface area contributed by atoms with Gasteiger partial charge in [-0.3, -0.25) is 4.57 Å². The molecule has 0 radical (unpaired) electrons. The van der Waals surface area contributed by atoms with E-state index in [0.29, 0.717) is 32.2 Å². The second-order valence-corrected chi connectivity index (χ2v) is 12.7. The van der Waals surface area contributed by atoms with E-state index >= 15 is 0 Å². The predicted octanol–water partition coefficient (Wildman–Crippen LogP) is 3.22. The number of halogens is 6. The van der Waals surface area contributed by atoms with Crippen molar-refractivity contribution in [3.8, 4) is 0 Å². The van der Waals surface area contributed by atoms with Gasteiger partial charge in [-0.1, -0.05) is 20.8 Å². The fourth-order valence-corrected chi connectivity index (χ4v) is 5.33. The van der Waals surface area contributed by atoms with Gasteiger partial charge in [0.25, 0.3) is 0 Å². The molecule has 1 aliphatic heterocycles. The molecule has 0 bridgehead atoms. The lowest BCUT2D eigenvalue weighted by atomic mass is 9.92. The number of rotatable bonds is 10. The molecule has 3 aromatic heterocycles. The van der Waals surface area contributed by atoms with Crippen LogP contribution < -0.4 is 10.6 Å². The number of alkyl halides is 6. The smallest absolute Gasteiger partial charge is 0.448 e. The number of aryl methyl sites for hydroxylation is 1. The topological polar surface area (TPSA) is 193 Å². The maximum absolute atomic E-state index is 13.5. The molecule has 5 rings (SSSR count). The largest absolute Gasteiger partial charge is 0.490 e. The van der Waals surface area contributed by atoms with Gasteiger partial charge in [0.2, 0.25) is 11.8 Å². The number of nitrogens with zero attached hydrogens (tertiary/aromatic N) is 8. The summed E-state index contributed by atoms with van der Waals surface area (Å²) in [6, 6.07) is -0.442. The number of carbonyl (C=O) groups excluding carboxylic acids is 2. The van der Waals surface area contributed by atoms with Gasteiger partial charge >= 0.3 is 24.3 Å². The molecule has 1 saturated heterocycles. The number of esters is 2. The van der Waals surface area contributed by atoms with Gasteiger partial charge in [-0.05, 0) is 43.2 Å². The predicted molar refractivity (Wildman–Crippen MR) is 153 cm³/mol. The molecule has 0 amide bonds. The van der Waals surface area contributed by atoms with Gasteiger partial charge in [-0.2, -0.15) is 41.1 Å². The minimum Gasteiger partial charge on any atom is -0.448 e. The highest BCUT2D eigenvalue weighted by atomic mass is 19.4. The van der Waals surface area contributed by atoms with E-state index in [9.17, 15) is 41.0 Å². The maximum atomic E-state index is 13.5. The third kappa shape index (κ3) is 8.11. The summed E-state index contributed by atoms with van der Waals surface area (Å²) in [5.41, 5.74) is -0.141. The van der Waals surface area contributed by atoms with Crippen molar-refractivity contribution in [2.45, 2.75) is 109 Å². The number of carbonyl (C=O) groups is 2. The third-order valence-electron chi connectivity index (χ3n) is 7.80. The molecule has 3 N–H and O–H groups in total. The van der Waals surface area contributed by atoms with Crippen molar-refractivity contribution in [2.75, 3.05) is 17.2 Å². The molecule has 6 atom stereocenters. The number of hydrogen-bond acceptors (Lipinski definition) is 14. The molecule has 1 unspecified atom stereocenters. The number of fused-ring (bicyclic) bond motifs is 1. The molecular weight excluding hydrogens is 674 g/mol. The quantitative estimate of drug-likeness (QED) is 0.205.